The van der Waals surface area contributed by atoms with Gasteiger partial charge in [0.05, 0.1) is 9.77 Å². The van der Waals surface area contributed by atoms with Crippen LogP contribution in [0.15, 0.2) is 47.4 Å². The molecule has 100 valence electrons. The summed E-state index contributed by atoms with van der Waals surface area (Å²) in [6, 6.07) is 10.8. The summed E-state index contributed by atoms with van der Waals surface area (Å²) >= 11 is 0.925. The van der Waals surface area contributed by atoms with Crippen molar-refractivity contribution >= 4 is 32.3 Å². The summed E-state index contributed by atoms with van der Waals surface area (Å²) in [6.45, 7) is 0. The van der Waals surface area contributed by atoms with Gasteiger partial charge in [-0.15, -0.1) is 11.3 Å². The highest BCUT2D eigenvalue weighted by molar-refractivity contribution is 7.93. The number of amides is 1. The van der Waals surface area contributed by atoms with Crippen molar-refractivity contribution in [2.24, 2.45) is 0 Å². The molecular formula is C11H10N2O4S2. The fraction of sp³-hybridized carbons (Fsp3) is 0. The lowest BCUT2D eigenvalue weighted by Crippen LogP contribution is -2.17. The molecule has 1 aromatic heterocycles. The number of hydroxylamine groups is 1. The van der Waals surface area contributed by atoms with E-state index < -0.39 is 15.9 Å². The minimum absolute atomic E-state index is 0.136. The molecule has 0 unspecified atom stereocenters. The molecule has 0 aliphatic heterocycles. The lowest BCUT2D eigenvalue weighted by atomic mass is 10.4. The average Bonchev–Trinajstić information content (AvgIpc) is 2.86. The van der Waals surface area contributed by atoms with Crippen LogP contribution in [0.25, 0.3) is 0 Å². The van der Waals surface area contributed by atoms with Crippen LogP contribution in [0.3, 0.4) is 0 Å². The van der Waals surface area contributed by atoms with Gasteiger partial charge in [-0.05, 0) is 24.3 Å². The van der Waals surface area contributed by atoms with Gasteiger partial charge in [-0.25, -0.2) is 13.9 Å². The van der Waals surface area contributed by atoms with Crippen LogP contribution in [0.1, 0.15) is 9.67 Å². The van der Waals surface area contributed by atoms with Crippen molar-refractivity contribution < 1.29 is 18.4 Å². The van der Waals surface area contributed by atoms with E-state index >= 15 is 0 Å². The number of carbonyl (C=O) groups is 1. The second-order valence-corrected chi connectivity index (χ2v) is 6.29. The van der Waals surface area contributed by atoms with Gasteiger partial charge >= 0.3 is 0 Å². The lowest BCUT2D eigenvalue weighted by molar-refractivity contribution is 0.0711. The van der Waals surface area contributed by atoms with Gasteiger partial charge in [-0.2, -0.15) is 0 Å². The third-order valence-corrected chi connectivity index (χ3v) is 4.73. The zero-order chi connectivity index (χ0) is 13.9. The number of thiophene rings is 1. The first-order valence-electron chi connectivity index (χ1n) is 5.15. The summed E-state index contributed by atoms with van der Waals surface area (Å²) in [5.74, 6) is -0.685. The average molecular weight is 298 g/mol. The quantitative estimate of drug-likeness (QED) is 0.591. The zero-order valence-electron chi connectivity index (χ0n) is 9.53. The van der Waals surface area contributed by atoms with Gasteiger partial charge in [-0.1, -0.05) is 18.2 Å². The van der Waals surface area contributed by atoms with Crippen LogP contribution in [0.5, 0.6) is 0 Å². The number of rotatable bonds is 4. The number of hydrogen-bond donors (Lipinski definition) is 3. The third-order valence-electron chi connectivity index (χ3n) is 2.22. The van der Waals surface area contributed by atoms with E-state index in [1.807, 2.05) is 0 Å². The molecule has 1 aromatic carbocycles. The summed E-state index contributed by atoms with van der Waals surface area (Å²) in [5.41, 5.74) is 1.48. The van der Waals surface area contributed by atoms with Crippen molar-refractivity contribution in [3.63, 3.8) is 0 Å². The molecular weight excluding hydrogens is 288 g/mol. The maximum absolute atomic E-state index is 12.0. The molecule has 2 rings (SSSR count). The predicted octanol–water partition coefficient (Wildman–Crippen LogP) is 1.67. The maximum Gasteiger partial charge on any atom is 0.284 e. The number of sulfonamides is 1. The Kier molecular flexibility index (Phi) is 3.84. The lowest BCUT2D eigenvalue weighted by Gasteiger charge is -2.05. The van der Waals surface area contributed by atoms with Crippen molar-refractivity contribution in [3.8, 4) is 0 Å². The Labute approximate surface area is 113 Å². The van der Waals surface area contributed by atoms with E-state index in [1.165, 1.54) is 29.7 Å². The Hall–Kier alpha value is -1.90. The van der Waals surface area contributed by atoms with Crippen molar-refractivity contribution in [3.05, 3.63) is 47.3 Å². The van der Waals surface area contributed by atoms with Crippen LogP contribution in [0.2, 0.25) is 0 Å². The minimum atomic E-state index is -3.67. The molecule has 0 aliphatic rings. The summed E-state index contributed by atoms with van der Waals surface area (Å²) < 4.78 is 26.4. The largest absolute Gasteiger partial charge is 0.288 e. The van der Waals surface area contributed by atoms with Crippen molar-refractivity contribution in [1.29, 1.82) is 0 Å². The second kappa shape index (κ2) is 5.39. The number of benzene rings is 1. The van der Waals surface area contributed by atoms with E-state index in [2.05, 4.69) is 4.72 Å². The highest BCUT2D eigenvalue weighted by Crippen LogP contribution is 2.24. The van der Waals surface area contributed by atoms with Gasteiger partial charge in [0.2, 0.25) is 0 Å². The molecule has 1 amide bonds. The molecule has 0 radical (unpaired) electrons. The van der Waals surface area contributed by atoms with E-state index in [1.54, 1.807) is 18.2 Å². The highest BCUT2D eigenvalue weighted by atomic mass is 32.2. The molecule has 0 spiro atoms. The van der Waals surface area contributed by atoms with E-state index in [9.17, 15) is 13.2 Å². The predicted molar refractivity (Wildman–Crippen MR) is 70.8 cm³/mol. The van der Waals surface area contributed by atoms with Crippen LogP contribution < -0.4 is 10.2 Å². The molecule has 0 atom stereocenters. The van der Waals surface area contributed by atoms with Crippen LogP contribution in [-0.4, -0.2) is 19.5 Å². The molecule has 0 aliphatic carbocycles. The summed E-state index contributed by atoms with van der Waals surface area (Å²) in [7, 11) is -3.67. The first-order chi connectivity index (χ1) is 9.03. The normalized spacial score (nSPS) is 11.0. The van der Waals surface area contributed by atoms with Gasteiger partial charge in [-0.3, -0.25) is 14.7 Å². The molecule has 0 saturated carbocycles. The van der Waals surface area contributed by atoms with E-state index in [-0.39, 0.29) is 9.77 Å². The second-order valence-electron chi connectivity index (χ2n) is 3.52. The fourth-order valence-corrected chi connectivity index (χ4v) is 3.47. The molecule has 19 heavy (non-hydrogen) atoms. The zero-order valence-corrected chi connectivity index (χ0v) is 11.2. The standard InChI is InChI=1S/C11H10N2O4S2/c14-11(12-15)9-6-7-10(18-9)13-19(16,17)8-4-2-1-3-5-8/h1-7,13,15H,(H,12,14). The Bertz CT molecular complexity index is 680. The first-order valence-corrected chi connectivity index (χ1v) is 7.45. The summed E-state index contributed by atoms with van der Waals surface area (Å²) in [6.07, 6.45) is 0. The van der Waals surface area contributed by atoms with Gasteiger partial charge in [0, 0.05) is 0 Å². The van der Waals surface area contributed by atoms with Crippen LogP contribution >= 0.6 is 11.3 Å². The molecule has 0 fully saturated rings. The fourth-order valence-electron chi connectivity index (χ4n) is 1.36. The van der Waals surface area contributed by atoms with Crippen LogP contribution in [0.4, 0.5) is 5.00 Å². The third kappa shape index (κ3) is 3.11. The number of carbonyl (C=O) groups excluding carboxylic acids is 1. The monoisotopic (exact) mass is 298 g/mol. The van der Waals surface area contributed by atoms with Crippen molar-refractivity contribution in [2.45, 2.75) is 4.90 Å². The van der Waals surface area contributed by atoms with E-state index in [0.717, 1.165) is 11.3 Å². The highest BCUT2D eigenvalue weighted by Gasteiger charge is 2.16. The number of anilines is 1. The van der Waals surface area contributed by atoms with Crippen LogP contribution in [-0.2, 0) is 10.0 Å². The SMILES string of the molecule is O=C(NO)c1ccc(NS(=O)(=O)c2ccccc2)s1. The Morgan fingerprint density at radius 1 is 1.11 bits per heavy atom. The topological polar surface area (TPSA) is 95.5 Å². The van der Waals surface area contributed by atoms with E-state index in [0.29, 0.717) is 5.00 Å². The molecule has 6 nitrogen and oxygen atoms in total. The van der Waals surface area contributed by atoms with Gasteiger partial charge < -0.3 is 0 Å². The smallest absolute Gasteiger partial charge is 0.284 e. The Balaban J connectivity index is 2.22. The molecule has 0 saturated heterocycles. The molecule has 0 bridgehead atoms. The summed E-state index contributed by atoms with van der Waals surface area (Å²) in [5, 5.41) is 8.77. The molecule has 1 heterocycles. The Morgan fingerprint density at radius 3 is 2.42 bits per heavy atom. The van der Waals surface area contributed by atoms with Crippen molar-refractivity contribution in [2.75, 3.05) is 4.72 Å². The number of nitrogens with one attached hydrogen (secondary N) is 2. The molecule has 8 heteroatoms. The first kappa shape index (κ1) is 13.5. The Morgan fingerprint density at radius 2 is 1.79 bits per heavy atom. The summed E-state index contributed by atoms with van der Waals surface area (Å²) in [4.78, 5) is 11.5. The number of hydrogen-bond acceptors (Lipinski definition) is 5. The van der Waals surface area contributed by atoms with Gasteiger partial charge in [0.25, 0.3) is 15.9 Å². The molecule has 2 aromatic rings. The van der Waals surface area contributed by atoms with E-state index in [4.69, 9.17) is 5.21 Å². The molecule has 3 N–H and O–H groups in total. The van der Waals surface area contributed by atoms with Crippen molar-refractivity contribution in [1.82, 2.24) is 5.48 Å². The van der Waals surface area contributed by atoms with Gasteiger partial charge in [0.1, 0.15) is 5.00 Å². The minimum Gasteiger partial charge on any atom is -0.288 e. The van der Waals surface area contributed by atoms with Gasteiger partial charge in [0.15, 0.2) is 0 Å². The maximum atomic E-state index is 12.0. The van der Waals surface area contributed by atoms with Crippen LogP contribution in [0, 0.1) is 0 Å².